The van der Waals surface area contributed by atoms with Crippen LogP contribution in [0.3, 0.4) is 0 Å². The first-order valence-corrected chi connectivity index (χ1v) is 11.4. The van der Waals surface area contributed by atoms with Gasteiger partial charge in [0, 0.05) is 28.6 Å². The molecule has 11 heteroatoms. The van der Waals surface area contributed by atoms with Gasteiger partial charge in [-0.2, -0.15) is 4.98 Å². The van der Waals surface area contributed by atoms with E-state index in [1.165, 1.54) is 30.0 Å². The number of nitrogens with one attached hydrogen (secondary N) is 1. The van der Waals surface area contributed by atoms with Crippen molar-refractivity contribution in [3.63, 3.8) is 0 Å². The van der Waals surface area contributed by atoms with Crippen LogP contribution in [0.15, 0.2) is 71.9 Å². The molecule has 170 valence electrons. The zero-order chi connectivity index (χ0) is 23.7. The van der Waals surface area contributed by atoms with Crippen molar-refractivity contribution >= 4 is 34.7 Å². The topological polar surface area (TPSA) is 103 Å². The van der Waals surface area contributed by atoms with Crippen molar-refractivity contribution in [1.82, 2.24) is 15.2 Å². The van der Waals surface area contributed by atoms with Crippen LogP contribution >= 0.6 is 23.4 Å². The average Bonchev–Trinajstić information content (AvgIpc) is 3.00. The summed E-state index contributed by atoms with van der Waals surface area (Å²) < 4.78 is 20.1. The van der Waals surface area contributed by atoms with Crippen LogP contribution in [0.1, 0.15) is 17.4 Å². The van der Waals surface area contributed by atoms with Crippen LogP contribution in [0.5, 0.6) is 5.88 Å². The minimum atomic E-state index is -0.806. The Bertz CT molecular complexity index is 1410. The Kier molecular flexibility index (Phi) is 5.99. The lowest BCUT2D eigenvalue weighted by molar-refractivity contribution is -0.384. The molecule has 1 unspecified atom stereocenters. The van der Waals surface area contributed by atoms with Crippen molar-refractivity contribution in [1.29, 1.82) is 0 Å². The molecule has 2 heterocycles. The van der Waals surface area contributed by atoms with Gasteiger partial charge >= 0.3 is 0 Å². The molecule has 1 N–H and O–H groups in total. The van der Waals surface area contributed by atoms with Crippen molar-refractivity contribution in [3.8, 4) is 17.1 Å². The van der Waals surface area contributed by atoms with Gasteiger partial charge in [-0.05, 0) is 23.8 Å². The highest BCUT2D eigenvalue weighted by Gasteiger charge is 2.27. The molecule has 1 aliphatic heterocycles. The largest absolute Gasteiger partial charge is 0.448 e. The summed E-state index contributed by atoms with van der Waals surface area (Å²) in [6, 6.07) is 18.3. The Morgan fingerprint density at radius 3 is 2.74 bits per heavy atom. The fraction of sp³-hybridized carbons (Fsp3) is 0.0870. The summed E-state index contributed by atoms with van der Waals surface area (Å²) in [7, 11) is 0. The van der Waals surface area contributed by atoms with Gasteiger partial charge < -0.3 is 10.1 Å². The number of nitrogens with zero attached hydrogens (tertiary/aromatic N) is 4. The summed E-state index contributed by atoms with van der Waals surface area (Å²) in [5.74, 6) is 0.206. The molecule has 0 fully saturated rings. The molecule has 3 aromatic carbocycles. The van der Waals surface area contributed by atoms with E-state index in [0.717, 1.165) is 0 Å². The molecule has 0 amide bonds. The zero-order valence-electron chi connectivity index (χ0n) is 17.3. The number of para-hydroxylation sites is 1. The maximum atomic E-state index is 14.0. The van der Waals surface area contributed by atoms with Crippen LogP contribution in [0.2, 0.25) is 5.02 Å². The molecule has 0 spiro atoms. The third-order valence-corrected chi connectivity index (χ3v) is 6.32. The smallest absolute Gasteiger partial charge is 0.288 e. The van der Waals surface area contributed by atoms with Crippen molar-refractivity contribution in [3.05, 3.63) is 98.8 Å². The second kappa shape index (κ2) is 9.24. The van der Waals surface area contributed by atoms with E-state index < -0.39 is 11.2 Å². The van der Waals surface area contributed by atoms with Crippen LogP contribution in [0.25, 0.3) is 11.3 Å². The number of aromatic nitrogens is 3. The van der Waals surface area contributed by atoms with Crippen molar-refractivity contribution in [2.45, 2.75) is 17.1 Å². The van der Waals surface area contributed by atoms with E-state index >= 15 is 0 Å². The maximum Gasteiger partial charge on any atom is 0.288 e. The van der Waals surface area contributed by atoms with Gasteiger partial charge in [0.05, 0.1) is 4.92 Å². The predicted molar refractivity (Wildman–Crippen MR) is 126 cm³/mol. The van der Waals surface area contributed by atoms with Gasteiger partial charge in [-0.1, -0.05) is 65.8 Å². The molecular formula is C23H15ClFN5O3S. The summed E-state index contributed by atoms with van der Waals surface area (Å²) in [4.78, 5) is 15.3. The lowest BCUT2D eigenvalue weighted by atomic mass is 10.1. The number of anilines is 1. The number of rotatable bonds is 5. The summed E-state index contributed by atoms with van der Waals surface area (Å²) in [6.45, 7) is 0. The highest BCUT2D eigenvalue weighted by Crippen LogP contribution is 2.40. The highest BCUT2D eigenvalue weighted by molar-refractivity contribution is 7.98. The Morgan fingerprint density at radius 2 is 1.91 bits per heavy atom. The SMILES string of the molecule is O=[N+]([O-])c1cc(C2Nc3ccccc3-c3nnc(SCc4ccccc4F)nc3O2)ccc1Cl. The quantitative estimate of drug-likeness (QED) is 0.203. The van der Waals surface area contributed by atoms with E-state index in [0.29, 0.717) is 39.0 Å². The fourth-order valence-electron chi connectivity index (χ4n) is 3.45. The van der Waals surface area contributed by atoms with Gasteiger partial charge in [0.1, 0.15) is 10.8 Å². The number of benzene rings is 3. The van der Waals surface area contributed by atoms with E-state index in [2.05, 4.69) is 20.5 Å². The van der Waals surface area contributed by atoms with Crippen molar-refractivity contribution < 1.29 is 14.1 Å². The number of ether oxygens (including phenoxy) is 1. The Hall–Kier alpha value is -3.76. The number of hydrogen-bond acceptors (Lipinski definition) is 8. The van der Waals surface area contributed by atoms with Gasteiger partial charge in [0.25, 0.3) is 5.69 Å². The molecule has 1 aromatic heterocycles. The monoisotopic (exact) mass is 495 g/mol. The van der Waals surface area contributed by atoms with Gasteiger partial charge in [-0.15, -0.1) is 10.2 Å². The Labute approximate surface area is 202 Å². The standard InChI is InChI=1S/C23H15ClFN5O3S/c24-16-10-9-13(11-19(16)30(31)32)21-26-18-8-4-2-6-15(18)20-22(33-21)27-23(29-28-20)34-12-14-5-1-3-7-17(14)25/h1-11,21,26H,12H2. The number of thioether (sulfide) groups is 1. The summed E-state index contributed by atoms with van der Waals surface area (Å²) >= 11 is 7.20. The first kappa shape index (κ1) is 22.1. The number of nitro groups is 1. The van der Waals surface area contributed by atoms with Crippen LogP contribution in [0, 0.1) is 15.9 Å². The van der Waals surface area contributed by atoms with Crippen LogP contribution in [-0.2, 0) is 5.75 Å². The summed E-state index contributed by atoms with van der Waals surface area (Å²) in [6.07, 6.45) is -0.806. The molecular weight excluding hydrogens is 481 g/mol. The molecule has 1 aliphatic rings. The van der Waals surface area contributed by atoms with Gasteiger partial charge in [-0.3, -0.25) is 10.1 Å². The normalized spacial score (nSPS) is 14.2. The first-order valence-electron chi connectivity index (χ1n) is 10.1. The lowest BCUT2D eigenvalue weighted by Crippen LogP contribution is -2.17. The molecule has 34 heavy (non-hydrogen) atoms. The minimum absolute atomic E-state index is 0.0268. The molecule has 1 atom stereocenters. The van der Waals surface area contributed by atoms with E-state index in [1.54, 1.807) is 24.3 Å². The van der Waals surface area contributed by atoms with E-state index in [1.807, 2.05) is 24.3 Å². The third kappa shape index (κ3) is 4.37. The number of nitro benzene ring substituents is 1. The Balaban J connectivity index is 1.51. The van der Waals surface area contributed by atoms with Crippen LogP contribution in [0.4, 0.5) is 15.8 Å². The number of halogens is 2. The van der Waals surface area contributed by atoms with E-state index in [4.69, 9.17) is 16.3 Å². The zero-order valence-corrected chi connectivity index (χ0v) is 18.9. The predicted octanol–water partition coefficient (Wildman–Crippen LogP) is 6.03. The van der Waals surface area contributed by atoms with E-state index in [9.17, 15) is 14.5 Å². The van der Waals surface area contributed by atoms with Gasteiger partial charge in [0.15, 0.2) is 11.9 Å². The fourth-order valence-corrected chi connectivity index (χ4v) is 4.40. The van der Waals surface area contributed by atoms with Gasteiger partial charge in [0.2, 0.25) is 11.0 Å². The second-order valence-corrected chi connectivity index (χ2v) is 8.63. The lowest BCUT2D eigenvalue weighted by Gasteiger charge is -2.19. The van der Waals surface area contributed by atoms with Crippen LogP contribution < -0.4 is 10.1 Å². The molecule has 0 aliphatic carbocycles. The van der Waals surface area contributed by atoms with Crippen molar-refractivity contribution in [2.24, 2.45) is 0 Å². The third-order valence-electron chi connectivity index (χ3n) is 5.12. The first-order chi connectivity index (χ1) is 16.5. The molecule has 0 radical (unpaired) electrons. The minimum Gasteiger partial charge on any atom is -0.448 e. The number of hydrogen-bond donors (Lipinski definition) is 1. The molecule has 4 aromatic rings. The number of fused-ring (bicyclic) bond motifs is 3. The Morgan fingerprint density at radius 1 is 1.12 bits per heavy atom. The van der Waals surface area contributed by atoms with Crippen LogP contribution in [-0.4, -0.2) is 20.1 Å². The molecule has 0 saturated heterocycles. The summed E-state index contributed by atoms with van der Waals surface area (Å²) in [5, 5.41) is 23.5. The highest BCUT2D eigenvalue weighted by atomic mass is 35.5. The molecule has 0 bridgehead atoms. The molecule has 8 nitrogen and oxygen atoms in total. The van der Waals surface area contributed by atoms with Gasteiger partial charge in [-0.25, -0.2) is 4.39 Å². The maximum absolute atomic E-state index is 14.0. The van der Waals surface area contributed by atoms with Crippen molar-refractivity contribution in [2.75, 3.05) is 5.32 Å². The van der Waals surface area contributed by atoms with E-state index in [-0.39, 0.29) is 22.4 Å². The molecule has 0 saturated carbocycles. The molecule has 5 rings (SSSR count). The average molecular weight is 496 g/mol. The summed E-state index contributed by atoms with van der Waals surface area (Å²) in [5.41, 5.74) is 2.61. The second-order valence-electron chi connectivity index (χ2n) is 7.28.